The molecule has 2 aromatic rings. The van der Waals surface area contributed by atoms with Crippen LogP contribution in [0.3, 0.4) is 0 Å². The number of aromatic amines is 1. The number of pyridine rings is 1. The van der Waals surface area contributed by atoms with Gasteiger partial charge >= 0.3 is 0 Å². The fourth-order valence-electron chi connectivity index (χ4n) is 2.37. The Morgan fingerprint density at radius 2 is 2.23 bits per heavy atom. The van der Waals surface area contributed by atoms with Crippen molar-refractivity contribution in [1.29, 1.82) is 0 Å². The molecule has 0 fully saturated rings. The van der Waals surface area contributed by atoms with Crippen LogP contribution in [0.2, 0.25) is 0 Å². The van der Waals surface area contributed by atoms with E-state index in [4.69, 9.17) is 0 Å². The third kappa shape index (κ3) is 2.85. The van der Waals surface area contributed by atoms with Gasteiger partial charge in [-0.1, -0.05) is 24.8 Å². The second kappa shape index (κ2) is 6.23. The molecule has 0 saturated heterocycles. The number of fused-ring (bicyclic) bond motifs is 1. The van der Waals surface area contributed by atoms with Crippen LogP contribution in [-0.2, 0) is 0 Å². The number of allylic oxidation sites excluding steroid dienone is 4. The van der Waals surface area contributed by atoms with E-state index in [1.807, 2.05) is 30.4 Å². The number of halogens is 1. The van der Waals surface area contributed by atoms with Crippen LogP contribution < -0.4 is 0 Å². The predicted molar refractivity (Wildman–Crippen MR) is 92.4 cm³/mol. The smallest absolute Gasteiger partial charge is 0.174 e. The number of Topliss-reactive ketones (excluding diaryl/α,β-unsaturated/α-hetero) is 1. The molecule has 0 aliphatic carbocycles. The van der Waals surface area contributed by atoms with E-state index in [0.717, 1.165) is 15.4 Å². The van der Waals surface area contributed by atoms with Gasteiger partial charge < -0.3 is 4.98 Å². The highest BCUT2D eigenvalue weighted by Crippen LogP contribution is 2.25. The first-order valence-electron chi connectivity index (χ1n) is 6.85. The number of hydrogen-bond acceptors (Lipinski definition) is 3. The van der Waals surface area contributed by atoms with Crippen LogP contribution in [0, 0.1) is 5.92 Å². The molecule has 1 aliphatic heterocycles. The fraction of sp³-hybridized carbons (Fsp3) is 0.118. The Labute approximate surface area is 136 Å². The molecular formula is C17H14BrN3O. The first-order chi connectivity index (χ1) is 10.7. The van der Waals surface area contributed by atoms with Crippen LogP contribution in [-0.4, -0.2) is 28.5 Å². The van der Waals surface area contributed by atoms with E-state index in [9.17, 15) is 4.79 Å². The van der Waals surface area contributed by atoms with Gasteiger partial charge in [0.25, 0.3) is 0 Å². The van der Waals surface area contributed by atoms with Gasteiger partial charge in [0.2, 0.25) is 0 Å². The van der Waals surface area contributed by atoms with E-state index in [-0.39, 0.29) is 11.7 Å². The van der Waals surface area contributed by atoms with Gasteiger partial charge in [-0.3, -0.25) is 9.79 Å². The van der Waals surface area contributed by atoms with E-state index < -0.39 is 0 Å². The van der Waals surface area contributed by atoms with Crippen molar-refractivity contribution in [1.82, 2.24) is 9.97 Å². The molecule has 1 atom stereocenters. The van der Waals surface area contributed by atoms with Crippen molar-refractivity contribution in [2.24, 2.45) is 10.9 Å². The van der Waals surface area contributed by atoms with Gasteiger partial charge in [-0.25, -0.2) is 4.98 Å². The number of rotatable bonds is 2. The summed E-state index contributed by atoms with van der Waals surface area (Å²) in [7, 11) is 0. The maximum absolute atomic E-state index is 12.9. The lowest BCUT2D eigenvalue weighted by Crippen LogP contribution is -2.19. The maximum atomic E-state index is 12.9. The number of nitrogens with one attached hydrogen (secondary N) is 1. The van der Waals surface area contributed by atoms with Gasteiger partial charge in [0.1, 0.15) is 5.65 Å². The van der Waals surface area contributed by atoms with Gasteiger partial charge in [-0.2, -0.15) is 0 Å². The number of hydrogen-bond donors (Lipinski definition) is 1. The van der Waals surface area contributed by atoms with Gasteiger partial charge in [-0.15, -0.1) is 0 Å². The first kappa shape index (κ1) is 14.7. The molecule has 5 heteroatoms. The highest BCUT2D eigenvalue weighted by atomic mass is 79.9. The van der Waals surface area contributed by atoms with E-state index in [0.29, 0.717) is 17.8 Å². The lowest BCUT2D eigenvalue weighted by Gasteiger charge is -2.13. The van der Waals surface area contributed by atoms with Crippen molar-refractivity contribution in [3.63, 3.8) is 0 Å². The van der Waals surface area contributed by atoms with Crippen molar-refractivity contribution in [3.05, 3.63) is 65.0 Å². The maximum Gasteiger partial charge on any atom is 0.174 e. The lowest BCUT2D eigenvalue weighted by atomic mass is 9.91. The number of H-pyrrole nitrogens is 1. The number of ketones is 1. The van der Waals surface area contributed by atoms with Gasteiger partial charge in [0.15, 0.2) is 5.78 Å². The van der Waals surface area contributed by atoms with Crippen molar-refractivity contribution < 1.29 is 4.79 Å². The van der Waals surface area contributed by atoms with Crippen LogP contribution in [0.15, 0.2) is 64.4 Å². The minimum absolute atomic E-state index is 0.000139. The zero-order valence-electron chi connectivity index (χ0n) is 11.8. The summed E-state index contributed by atoms with van der Waals surface area (Å²) in [5, 5.41) is 0.804. The Balaban J connectivity index is 2.00. The fourth-order valence-corrected chi connectivity index (χ4v) is 2.71. The molecule has 1 aliphatic rings. The van der Waals surface area contributed by atoms with Crippen molar-refractivity contribution in [2.75, 3.05) is 6.54 Å². The quantitative estimate of drug-likeness (QED) is 0.831. The minimum atomic E-state index is -0.370. The van der Waals surface area contributed by atoms with Gasteiger partial charge in [-0.05, 0) is 33.6 Å². The minimum Gasteiger partial charge on any atom is -0.345 e. The average molecular weight is 356 g/mol. The monoisotopic (exact) mass is 355 g/mol. The predicted octanol–water partition coefficient (Wildman–Crippen LogP) is 3.88. The third-order valence-corrected chi connectivity index (χ3v) is 3.97. The largest absolute Gasteiger partial charge is 0.345 e. The number of nitrogens with zero attached hydrogens (tertiary/aromatic N) is 2. The highest BCUT2D eigenvalue weighted by molar-refractivity contribution is 9.10. The van der Waals surface area contributed by atoms with Crippen molar-refractivity contribution in [2.45, 2.75) is 0 Å². The Hall–Kier alpha value is -2.27. The van der Waals surface area contributed by atoms with Crippen LogP contribution in [0.4, 0.5) is 0 Å². The molecule has 0 spiro atoms. The summed E-state index contributed by atoms with van der Waals surface area (Å²) in [4.78, 5) is 24.5. The van der Waals surface area contributed by atoms with E-state index >= 15 is 0 Å². The molecule has 22 heavy (non-hydrogen) atoms. The van der Waals surface area contributed by atoms with Crippen molar-refractivity contribution in [3.8, 4) is 0 Å². The summed E-state index contributed by atoms with van der Waals surface area (Å²) in [6.45, 7) is 4.41. The molecule has 1 unspecified atom stereocenters. The molecule has 0 bridgehead atoms. The summed E-state index contributed by atoms with van der Waals surface area (Å²) < 4.78 is 0.837. The average Bonchev–Trinajstić information content (AvgIpc) is 2.95. The van der Waals surface area contributed by atoms with Crippen LogP contribution in [0.1, 0.15) is 10.4 Å². The molecule has 2 aromatic heterocycles. The lowest BCUT2D eigenvalue weighted by molar-refractivity contribution is 0.0947. The molecule has 0 aromatic carbocycles. The summed E-state index contributed by atoms with van der Waals surface area (Å²) in [6.07, 6.45) is 12.5. The molecule has 3 heterocycles. The van der Waals surface area contributed by atoms with Gasteiger partial charge in [0, 0.05) is 34.0 Å². The Morgan fingerprint density at radius 3 is 3.09 bits per heavy atom. The number of carbonyl (C=O) groups is 1. The Morgan fingerprint density at radius 1 is 1.36 bits per heavy atom. The second-order valence-electron chi connectivity index (χ2n) is 5.00. The van der Waals surface area contributed by atoms with E-state index in [1.54, 1.807) is 18.6 Å². The summed E-state index contributed by atoms with van der Waals surface area (Å²) in [5.74, 6) is -0.370. The zero-order valence-corrected chi connectivity index (χ0v) is 13.4. The molecule has 0 radical (unpaired) electrons. The number of carbonyl (C=O) groups excluding carboxylic acids is 1. The summed E-state index contributed by atoms with van der Waals surface area (Å²) in [5.41, 5.74) is 2.07. The van der Waals surface area contributed by atoms with Crippen LogP contribution >= 0.6 is 15.9 Å². The molecule has 3 rings (SSSR count). The number of aliphatic imine (C=N–C) groups is 1. The first-order valence-corrected chi connectivity index (χ1v) is 7.65. The topological polar surface area (TPSA) is 58.1 Å². The SMILES string of the molecule is C=C1/C=C\C=C/C=NCC1C(=O)c1c[nH]c2ncc(Br)cc12. The number of aromatic nitrogens is 2. The normalized spacial score (nSPS) is 21.1. The third-order valence-electron chi connectivity index (χ3n) is 3.54. The highest BCUT2D eigenvalue weighted by Gasteiger charge is 2.24. The van der Waals surface area contributed by atoms with Gasteiger partial charge in [0.05, 0.1) is 12.5 Å². The molecule has 0 saturated carbocycles. The van der Waals surface area contributed by atoms with Crippen LogP contribution in [0.25, 0.3) is 11.0 Å². The molecular weight excluding hydrogens is 342 g/mol. The summed E-state index contributed by atoms with van der Waals surface area (Å²) >= 11 is 3.39. The molecule has 110 valence electrons. The van der Waals surface area contributed by atoms with Crippen LogP contribution in [0.5, 0.6) is 0 Å². The van der Waals surface area contributed by atoms with E-state index in [2.05, 4.69) is 37.5 Å². The van der Waals surface area contributed by atoms with Crippen molar-refractivity contribution >= 4 is 39.0 Å². The second-order valence-corrected chi connectivity index (χ2v) is 5.92. The zero-order chi connectivity index (χ0) is 15.5. The molecule has 1 N–H and O–H groups in total. The molecule has 4 nitrogen and oxygen atoms in total. The van der Waals surface area contributed by atoms with E-state index in [1.165, 1.54) is 0 Å². The standard InChI is InChI=1S/C17H14BrN3O/c1-11-5-3-2-4-6-19-9-14(11)16(22)15-10-21-17-13(15)7-12(18)8-20-17/h2-8,10,14H,1,9H2,(H,20,21)/b4-2-,5-3-,19-6?. The molecule has 0 amide bonds. The Bertz CT molecular complexity index is 830. The Kier molecular flexibility index (Phi) is 4.15. The summed E-state index contributed by atoms with van der Waals surface area (Å²) in [6, 6.07) is 1.89.